The average molecular weight is 495 g/mol. The molecule has 0 bridgehead atoms. The van der Waals surface area contributed by atoms with Gasteiger partial charge in [-0.3, -0.25) is 0 Å². The van der Waals surface area contributed by atoms with Crippen molar-refractivity contribution in [1.82, 2.24) is 0 Å². The molecule has 212 valence electrons. The average Bonchev–Trinajstić information content (AvgIpc) is 2.82. The van der Waals surface area contributed by atoms with Gasteiger partial charge < -0.3 is 4.74 Å². The predicted octanol–water partition coefficient (Wildman–Crippen LogP) is 12.6. The molecule has 1 unspecified atom stereocenters. The molecule has 0 aliphatic carbocycles. The van der Waals surface area contributed by atoms with E-state index in [4.69, 9.17) is 4.74 Å². The van der Waals surface area contributed by atoms with Gasteiger partial charge in [0.2, 0.25) is 0 Å². The Labute approximate surface area is 224 Å². The normalized spacial score (nSPS) is 13.9. The van der Waals surface area contributed by atoms with Crippen LogP contribution in [0.2, 0.25) is 0 Å². The summed E-state index contributed by atoms with van der Waals surface area (Å²) in [6.07, 6.45) is 34.5. The molecule has 0 aliphatic heterocycles. The van der Waals surface area contributed by atoms with E-state index in [1.54, 1.807) is 0 Å². The smallest absolute Gasteiger partial charge is 0.0730 e. The van der Waals surface area contributed by atoms with Gasteiger partial charge in [0.1, 0.15) is 0 Å². The lowest BCUT2D eigenvalue weighted by Crippen LogP contribution is -2.46. The molecule has 0 aromatic heterocycles. The summed E-state index contributed by atoms with van der Waals surface area (Å²) in [7, 11) is 0. The lowest BCUT2D eigenvalue weighted by Gasteiger charge is -2.45. The van der Waals surface area contributed by atoms with Crippen LogP contribution in [0, 0.1) is 5.41 Å². The Kier molecular flexibility index (Phi) is 24.3. The third-order valence-corrected chi connectivity index (χ3v) is 8.36. The molecule has 35 heavy (non-hydrogen) atoms. The van der Waals surface area contributed by atoms with Crippen molar-refractivity contribution < 1.29 is 4.74 Å². The van der Waals surface area contributed by atoms with Gasteiger partial charge in [-0.1, -0.05) is 183 Å². The molecular formula is C34H70O. The molecule has 0 saturated heterocycles. The Morgan fingerprint density at radius 3 is 0.971 bits per heavy atom. The molecule has 0 radical (unpaired) electrons. The third kappa shape index (κ3) is 19.7. The number of unbranched alkanes of at least 4 members (excludes halogenated alkanes) is 20. The fourth-order valence-corrected chi connectivity index (χ4v) is 5.65. The Balaban J connectivity index is 4.59. The van der Waals surface area contributed by atoms with Gasteiger partial charge in [0.15, 0.2) is 0 Å². The van der Waals surface area contributed by atoms with Crippen LogP contribution in [0.3, 0.4) is 0 Å². The van der Waals surface area contributed by atoms with E-state index in [1.165, 1.54) is 161 Å². The van der Waals surface area contributed by atoms with Gasteiger partial charge in [0, 0.05) is 6.61 Å². The topological polar surface area (TPSA) is 9.23 Å². The molecule has 0 amide bonds. The largest absolute Gasteiger partial charge is 0.374 e. The Morgan fingerprint density at radius 2 is 0.657 bits per heavy atom. The van der Waals surface area contributed by atoms with Gasteiger partial charge in [-0.2, -0.15) is 0 Å². The van der Waals surface area contributed by atoms with Gasteiger partial charge in [0.05, 0.1) is 5.60 Å². The second-order valence-corrected chi connectivity index (χ2v) is 12.7. The molecule has 0 aliphatic rings. The number of rotatable bonds is 27. The monoisotopic (exact) mass is 495 g/mol. The highest BCUT2D eigenvalue weighted by Crippen LogP contribution is 2.42. The fraction of sp³-hybridized carbons (Fsp3) is 1.00. The van der Waals surface area contributed by atoms with Crippen molar-refractivity contribution in [3.8, 4) is 0 Å². The van der Waals surface area contributed by atoms with Crippen molar-refractivity contribution in [2.45, 2.75) is 208 Å². The van der Waals surface area contributed by atoms with Crippen molar-refractivity contribution in [2.24, 2.45) is 5.41 Å². The zero-order valence-corrected chi connectivity index (χ0v) is 25.8. The first kappa shape index (κ1) is 35.0. The number of ether oxygens (including phenoxy) is 1. The minimum Gasteiger partial charge on any atom is -0.374 e. The highest BCUT2D eigenvalue weighted by atomic mass is 16.5. The summed E-state index contributed by atoms with van der Waals surface area (Å²) in [5, 5.41) is 0. The molecule has 0 fully saturated rings. The summed E-state index contributed by atoms with van der Waals surface area (Å²) >= 11 is 0. The Bertz CT molecular complexity index is 409. The molecule has 0 spiro atoms. The van der Waals surface area contributed by atoms with Gasteiger partial charge in [-0.15, -0.1) is 0 Å². The highest BCUT2D eigenvalue weighted by Gasteiger charge is 2.41. The van der Waals surface area contributed by atoms with Gasteiger partial charge in [-0.05, 0) is 24.7 Å². The van der Waals surface area contributed by atoms with Crippen molar-refractivity contribution in [3.05, 3.63) is 0 Å². The quantitative estimate of drug-likeness (QED) is 0.103. The number of hydrogen-bond acceptors (Lipinski definition) is 1. The molecule has 1 atom stereocenters. The second-order valence-electron chi connectivity index (χ2n) is 12.7. The zero-order valence-electron chi connectivity index (χ0n) is 25.8. The molecular weight excluding hydrogens is 424 g/mol. The SMILES string of the molecule is CCCCCCCCCCOC(CCCCCCCCC)(CCCCCCCCCC)C(C)(C)C. The number of hydrogen-bond donors (Lipinski definition) is 0. The first-order valence-electron chi connectivity index (χ1n) is 16.6. The van der Waals surface area contributed by atoms with Crippen LogP contribution >= 0.6 is 0 Å². The van der Waals surface area contributed by atoms with E-state index in [9.17, 15) is 0 Å². The zero-order chi connectivity index (χ0) is 26.1. The fourth-order valence-electron chi connectivity index (χ4n) is 5.65. The van der Waals surface area contributed by atoms with E-state index < -0.39 is 0 Å². The van der Waals surface area contributed by atoms with E-state index >= 15 is 0 Å². The van der Waals surface area contributed by atoms with Gasteiger partial charge in [-0.25, -0.2) is 0 Å². The molecule has 0 aromatic rings. The van der Waals surface area contributed by atoms with E-state index in [1.807, 2.05) is 0 Å². The summed E-state index contributed by atoms with van der Waals surface area (Å²) in [5.41, 5.74) is 0.288. The second kappa shape index (κ2) is 24.3. The molecule has 0 rings (SSSR count). The predicted molar refractivity (Wildman–Crippen MR) is 161 cm³/mol. The molecule has 1 nitrogen and oxygen atoms in total. The van der Waals surface area contributed by atoms with Crippen LogP contribution in [0.4, 0.5) is 0 Å². The minimum atomic E-state index is 0.0692. The van der Waals surface area contributed by atoms with Crippen molar-refractivity contribution >= 4 is 0 Å². The molecule has 0 N–H and O–H groups in total. The molecule has 0 heterocycles. The minimum absolute atomic E-state index is 0.0692. The maximum atomic E-state index is 6.94. The van der Waals surface area contributed by atoms with Crippen LogP contribution in [0.5, 0.6) is 0 Å². The van der Waals surface area contributed by atoms with Crippen LogP contribution in [-0.4, -0.2) is 12.2 Å². The summed E-state index contributed by atoms with van der Waals surface area (Å²) in [4.78, 5) is 0. The molecule has 0 saturated carbocycles. The van der Waals surface area contributed by atoms with Crippen LogP contribution < -0.4 is 0 Å². The summed E-state index contributed by atoms with van der Waals surface area (Å²) in [5.74, 6) is 0. The summed E-state index contributed by atoms with van der Waals surface area (Å²) < 4.78 is 6.94. The van der Waals surface area contributed by atoms with E-state index in [0.29, 0.717) is 0 Å². The molecule has 0 aromatic carbocycles. The van der Waals surface area contributed by atoms with E-state index in [2.05, 4.69) is 41.5 Å². The summed E-state index contributed by atoms with van der Waals surface area (Å²) in [6, 6.07) is 0. The van der Waals surface area contributed by atoms with Crippen LogP contribution in [0.15, 0.2) is 0 Å². The Morgan fingerprint density at radius 1 is 0.371 bits per heavy atom. The van der Waals surface area contributed by atoms with Crippen molar-refractivity contribution in [2.75, 3.05) is 6.61 Å². The van der Waals surface area contributed by atoms with Gasteiger partial charge in [0.25, 0.3) is 0 Å². The van der Waals surface area contributed by atoms with Crippen molar-refractivity contribution in [1.29, 1.82) is 0 Å². The van der Waals surface area contributed by atoms with Crippen molar-refractivity contribution in [3.63, 3.8) is 0 Å². The van der Waals surface area contributed by atoms with E-state index in [0.717, 1.165) is 6.61 Å². The lowest BCUT2D eigenvalue weighted by molar-refractivity contribution is -0.131. The van der Waals surface area contributed by atoms with Crippen LogP contribution in [0.1, 0.15) is 202 Å². The van der Waals surface area contributed by atoms with E-state index in [-0.39, 0.29) is 11.0 Å². The third-order valence-electron chi connectivity index (χ3n) is 8.36. The van der Waals surface area contributed by atoms with Crippen LogP contribution in [0.25, 0.3) is 0 Å². The summed E-state index contributed by atoms with van der Waals surface area (Å²) in [6.45, 7) is 15.3. The molecule has 1 heteroatoms. The van der Waals surface area contributed by atoms with Gasteiger partial charge >= 0.3 is 0 Å². The Hall–Kier alpha value is -0.0400. The maximum Gasteiger partial charge on any atom is 0.0730 e. The highest BCUT2D eigenvalue weighted by molar-refractivity contribution is 4.92. The standard InChI is InChI=1S/C34H70O/c1-7-10-13-16-19-22-25-28-31-34(33(4,5)6,30-27-24-21-18-15-12-9-3)35-32-29-26-23-20-17-14-11-8-2/h7-32H2,1-6H3. The van der Waals surface area contributed by atoms with Crippen LogP contribution in [-0.2, 0) is 4.74 Å². The lowest BCUT2D eigenvalue weighted by atomic mass is 9.70. The first-order chi connectivity index (χ1) is 16.9. The first-order valence-corrected chi connectivity index (χ1v) is 16.6. The maximum absolute atomic E-state index is 6.94.